The highest BCUT2D eigenvalue weighted by Gasteiger charge is 2.20. The molecule has 1 aliphatic rings. The number of amidine groups is 1. The van der Waals surface area contributed by atoms with Gasteiger partial charge in [-0.05, 0) is 83.8 Å². The van der Waals surface area contributed by atoms with E-state index in [4.69, 9.17) is 20.4 Å². The Bertz CT molecular complexity index is 2510. The molecule has 1 aliphatic heterocycles. The fourth-order valence-corrected chi connectivity index (χ4v) is 7.13. The average Bonchev–Trinajstić information content (AvgIpc) is 3.27. The fraction of sp³-hybridized carbons (Fsp3) is 0.0196. The molecule has 266 valence electrons. The summed E-state index contributed by atoms with van der Waals surface area (Å²) in [6.45, 7) is 1.79. The molecule has 0 amide bonds. The van der Waals surface area contributed by atoms with Gasteiger partial charge in [0.15, 0.2) is 0 Å². The van der Waals surface area contributed by atoms with Gasteiger partial charge in [-0.3, -0.25) is 0 Å². The van der Waals surface area contributed by atoms with Gasteiger partial charge < -0.3 is 10.7 Å². The van der Waals surface area contributed by atoms with E-state index in [0.717, 1.165) is 89.8 Å². The van der Waals surface area contributed by atoms with E-state index in [1.807, 2.05) is 54.6 Å². The standard InChI is InChI=1S/C51H37N5/c1-34(52)26-50-44-24-14-15-25-45(44)55-51(56-50)43-28-39(41-30-46(35-16-6-2-7-17-35)53-47(31-41)36-18-8-3-9-19-36)27-40(29-43)42-32-48(37-20-10-4-11-21-37)54-49(33-42)38-22-12-5-13-23-38/h2-33,52H,1H3,(H,55,56)/b50-26-,52-34?. The number of aromatic nitrogens is 2. The number of rotatable bonds is 8. The zero-order valence-electron chi connectivity index (χ0n) is 30.8. The first-order valence-electron chi connectivity index (χ1n) is 18.7. The van der Waals surface area contributed by atoms with Crippen LogP contribution in [0.3, 0.4) is 0 Å². The summed E-state index contributed by atoms with van der Waals surface area (Å²) < 4.78 is 0. The molecule has 8 aromatic rings. The molecule has 0 aliphatic carbocycles. The van der Waals surface area contributed by atoms with Crippen molar-refractivity contribution >= 4 is 22.9 Å². The van der Waals surface area contributed by atoms with E-state index in [0.29, 0.717) is 11.5 Å². The van der Waals surface area contributed by atoms with Gasteiger partial charge >= 0.3 is 0 Å². The van der Waals surface area contributed by atoms with E-state index >= 15 is 0 Å². The van der Waals surface area contributed by atoms with Gasteiger partial charge in [-0.2, -0.15) is 0 Å². The maximum atomic E-state index is 8.33. The minimum atomic E-state index is 0.454. The highest BCUT2D eigenvalue weighted by atomic mass is 15.0. The predicted molar refractivity (Wildman–Crippen MR) is 232 cm³/mol. The lowest BCUT2D eigenvalue weighted by Crippen LogP contribution is -2.26. The lowest BCUT2D eigenvalue weighted by molar-refractivity contribution is 1.22. The maximum Gasteiger partial charge on any atom is 0.138 e. The highest BCUT2D eigenvalue weighted by Crippen LogP contribution is 2.37. The number of hydrogen-bond acceptors (Lipinski definition) is 5. The smallest absolute Gasteiger partial charge is 0.138 e. The number of fused-ring (bicyclic) bond motifs is 1. The van der Waals surface area contributed by atoms with Gasteiger partial charge in [-0.1, -0.05) is 140 Å². The second-order valence-electron chi connectivity index (χ2n) is 13.9. The summed E-state index contributed by atoms with van der Waals surface area (Å²) in [6, 6.07) is 64.8. The highest BCUT2D eigenvalue weighted by molar-refractivity contribution is 6.12. The third-order valence-electron chi connectivity index (χ3n) is 9.84. The number of benzene rings is 6. The quantitative estimate of drug-likeness (QED) is 0.154. The Hall–Kier alpha value is -7.50. The molecule has 0 spiro atoms. The molecule has 5 nitrogen and oxygen atoms in total. The number of para-hydroxylation sites is 1. The Kier molecular flexibility index (Phi) is 9.24. The Morgan fingerprint density at radius 3 is 1.20 bits per heavy atom. The number of nitrogens with one attached hydrogen (secondary N) is 2. The van der Waals surface area contributed by atoms with E-state index in [1.54, 1.807) is 6.92 Å². The molecule has 2 N–H and O–H groups in total. The predicted octanol–water partition coefficient (Wildman–Crippen LogP) is 12.5. The molecule has 0 bridgehead atoms. The molecule has 0 radical (unpaired) electrons. The largest absolute Gasteiger partial charge is 0.339 e. The Morgan fingerprint density at radius 2 is 0.786 bits per heavy atom. The third-order valence-corrected chi connectivity index (χ3v) is 9.84. The van der Waals surface area contributed by atoms with Crippen LogP contribution >= 0.6 is 0 Å². The summed E-state index contributed by atoms with van der Waals surface area (Å²) in [6.07, 6.45) is 1.86. The number of aliphatic imine (C=N–C) groups is 1. The van der Waals surface area contributed by atoms with Crippen LogP contribution in [0.15, 0.2) is 199 Å². The van der Waals surface area contributed by atoms with Crippen molar-refractivity contribution in [1.82, 2.24) is 15.3 Å². The van der Waals surface area contributed by atoms with Crippen LogP contribution in [0, 0.1) is 5.41 Å². The molecular formula is C51H37N5. The van der Waals surface area contributed by atoms with E-state index < -0.39 is 0 Å². The summed E-state index contributed by atoms with van der Waals surface area (Å²) >= 11 is 0. The number of allylic oxidation sites excluding steroid dienone is 1. The zero-order chi connectivity index (χ0) is 37.8. The van der Waals surface area contributed by atoms with Crippen LogP contribution < -0.4 is 5.32 Å². The van der Waals surface area contributed by atoms with E-state index in [9.17, 15) is 0 Å². The van der Waals surface area contributed by atoms with Gasteiger partial charge in [0.2, 0.25) is 0 Å². The SMILES string of the molecule is CC(=N)/C=C1\NC(c2cc(-c3cc(-c4ccccc4)nc(-c4ccccc4)c3)cc(-c3cc(-c4ccccc4)nc(-c4ccccc4)c3)c2)=Nc2ccccc21. The molecular weight excluding hydrogens is 683 g/mol. The average molecular weight is 720 g/mol. The summed E-state index contributed by atoms with van der Waals surface area (Å²) in [7, 11) is 0. The summed E-state index contributed by atoms with van der Waals surface area (Å²) in [4.78, 5) is 15.5. The van der Waals surface area contributed by atoms with Gasteiger partial charge in [-0.25, -0.2) is 15.0 Å². The molecule has 0 unspecified atom stereocenters. The lowest BCUT2D eigenvalue weighted by Gasteiger charge is -2.22. The first kappa shape index (κ1) is 34.3. The van der Waals surface area contributed by atoms with Crippen molar-refractivity contribution in [2.24, 2.45) is 4.99 Å². The minimum Gasteiger partial charge on any atom is -0.339 e. The van der Waals surface area contributed by atoms with Crippen LogP contribution in [0.1, 0.15) is 18.1 Å². The molecule has 6 aromatic carbocycles. The molecule has 3 heterocycles. The van der Waals surface area contributed by atoms with Crippen molar-refractivity contribution in [3.63, 3.8) is 0 Å². The van der Waals surface area contributed by atoms with Crippen LogP contribution in [0.4, 0.5) is 5.69 Å². The van der Waals surface area contributed by atoms with E-state index in [2.05, 4.69) is 145 Å². The van der Waals surface area contributed by atoms with Crippen LogP contribution in [0.25, 0.3) is 73.0 Å². The first-order valence-corrected chi connectivity index (χ1v) is 18.7. The van der Waals surface area contributed by atoms with Crippen LogP contribution in [-0.4, -0.2) is 21.5 Å². The molecule has 0 saturated carbocycles. The van der Waals surface area contributed by atoms with Gasteiger partial charge in [0.1, 0.15) is 5.84 Å². The normalized spacial score (nSPS) is 12.7. The lowest BCUT2D eigenvalue weighted by atomic mass is 9.92. The van der Waals surface area contributed by atoms with E-state index in [-0.39, 0.29) is 0 Å². The van der Waals surface area contributed by atoms with Gasteiger partial charge in [0.25, 0.3) is 0 Å². The Morgan fingerprint density at radius 1 is 0.429 bits per heavy atom. The second kappa shape index (κ2) is 15.1. The van der Waals surface area contributed by atoms with Crippen LogP contribution in [0.2, 0.25) is 0 Å². The molecule has 56 heavy (non-hydrogen) atoms. The van der Waals surface area contributed by atoms with Crippen LogP contribution in [-0.2, 0) is 0 Å². The third kappa shape index (κ3) is 7.22. The van der Waals surface area contributed by atoms with Crippen molar-refractivity contribution in [3.8, 4) is 67.3 Å². The Labute approximate surface area is 327 Å². The Balaban J connectivity index is 1.30. The summed E-state index contributed by atoms with van der Waals surface area (Å²) in [5.74, 6) is 0.709. The maximum absolute atomic E-state index is 8.33. The van der Waals surface area contributed by atoms with Gasteiger partial charge in [0.05, 0.1) is 34.2 Å². The number of nitrogens with zero attached hydrogens (tertiary/aromatic N) is 3. The molecule has 0 saturated heterocycles. The van der Waals surface area contributed by atoms with E-state index in [1.165, 1.54) is 0 Å². The van der Waals surface area contributed by atoms with Crippen molar-refractivity contribution in [1.29, 1.82) is 5.41 Å². The zero-order valence-corrected chi connectivity index (χ0v) is 30.8. The summed E-state index contributed by atoms with van der Waals surface area (Å²) in [5, 5.41) is 11.9. The molecule has 5 heteroatoms. The van der Waals surface area contributed by atoms with Crippen molar-refractivity contribution < 1.29 is 0 Å². The topological polar surface area (TPSA) is 74.0 Å². The number of pyridine rings is 2. The van der Waals surface area contributed by atoms with Gasteiger partial charge in [0, 0.05) is 39.1 Å². The summed E-state index contributed by atoms with van der Waals surface area (Å²) in [5.41, 5.74) is 15.9. The fourth-order valence-electron chi connectivity index (χ4n) is 7.13. The van der Waals surface area contributed by atoms with Crippen molar-refractivity contribution in [2.45, 2.75) is 6.92 Å². The monoisotopic (exact) mass is 719 g/mol. The first-order chi connectivity index (χ1) is 27.5. The van der Waals surface area contributed by atoms with Crippen molar-refractivity contribution in [3.05, 3.63) is 205 Å². The minimum absolute atomic E-state index is 0.454. The van der Waals surface area contributed by atoms with Crippen LogP contribution in [0.5, 0.6) is 0 Å². The molecule has 2 aromatic heterocycles. The molecule has 9 rings (SSSR count). The number of hydrogen-bond donors (Lipinski definition) is 2. The molecule has 0 fully saturated rings. The second-order valence-corrected chi connectivity index (χ2v) is 13.9. The van der Waals surface area contributed by atoms with Gasteiger partial charge in [-0.15, -0.1) is 0 Å². The molecule has 0 atom stereocenters. The van der Waals surface area contributed by atoms with Crippen molar-refractivity contribution in [2.75, 3.05) is 0 Å².